The van der Waals surface area contributed by atoms with Gasteiger partial charge in [0.2, 0.25) is 0 Å². The van der Waals surface area contributed by atoms with Gasteiger partial charge in [0.25, 0.3) is 0 Å². The average Bonchev–Trinajstić information content (AvgIpc) is 2.37. The molecule has 1 atom stereocenters. The van der Waals surface area contributed by atoms with Gasteiger partial charge in [-0.05, 0) is 44.0 Å². The van der Waals surface area contributed by atoms with Crippen molar-refractivity contribution in [3.63, 3.8) is 0 Å². The van der Waals surface area contributed by atoms with Crippen molar-refractivity contribution in [2.75, 3.05) is 19.7 Å². The van der Waals surface area contributed by atoms with E-state index in [0.29, 0.717) is 18.3 Å². The van der Waals surface area contributed by atoms with E-state index in [-0.39, 0.29) is 11.9 Å². The third-order valence-corrected chi connectivity index (χ3v) is 3.23. The zero-order valence-corrected chi connectivity index (χ0v) is 9.86. The Kier molecular flexibility index (Phi) is 4.34. The van der Waals surface area contributed by atoms with E-state index in [1.54, 1.807) is 12.1 Å². The molecule has 1 aromatic rings. The van der Waals surface area contributed by atoms with Crippen LogP contribution in [0.4, 0.5) is 4.39 Å². The van der Waals surface area contributed by atoms with Crippen LogP contribution >= 0.6 is 0 Å². The van der Waals surface area contributed by atoms with Crippen molar-refractivity contribution in [3.05, 3.63) is 30.1 Å². The predicted molar refractivity (Wildman–Crippen MR) is 65.5 cm³/mol. The van der Waals surface area contributed by atoms with Crippen LogP contribution in [0.1, 0.15) is 12.8 Å². The maximum absolute atomic E-state index is 12.9. The maximum atomic E-state index is 12.9. The number of hydrogen-bond acceptors (Lipinski definition) is 3. The van der Waals surface area contributed by atoms with Gasteiger partial charge in [0.05, 0.1) is 0 Å². The van der Waals surface area contributed by atoms with Gasteiger partial charge in [-0.2, -0.15) is 0 Å². The first-order valence-electron chi connectivity index (χ1n) is 6.10. The Bertz CT molecular complexity index is 353. The van der Waals surface area contributed by atoms with E-state index < -0.39 is 0 Å². The molecule has 2 rings (SSSR count). The van der Waals surface area contributed by atoms with Gasteiger partial charge in [-0.15, -0.1) is 0 Å². The second-order valence-electron chi connectivity index (χ2n) is 4.52. The Balaban J connectivity index is 1.80. The minimum atomic E-state index is -0.280. The fraction of sp³-hybridized carbons (Fsp3) is 0.538. The molecule has 1 aliphatic rings. The molecule has 17 heavy (non-hydrogen) atoms. The SMILES string of the molecule is NC(COc1cccc(F)c1)C1CCNCC1. The van der Waals surface area contributed by atoms with Gasteiger partial charge in [-0.3, -0.25) is 0 Å². The van der Waals surface area contributed by atoms with Crippen molar-refractivity contribution in [1.82, 2.24) is 5.32 Å². The van der Waals surface area contributed by atoms with Crippen molar-refractivity contribution >= 4 is 0 Å². The van der Waals surface area contributed by atoms with Gasteiger partial charge in [0.15, 0.2) is 0 Å². The van der Waals surface area contributed by atoms with Crippen molar-refractivity contribution in [2.45, 2.75) is 18.9 Å². The first-order valence-corrected chi connectivity index (χ1v) is 6.10. The standard InChI is InChI=1S/C13H19FN2O/c14-11-2-1-3-12(8-11)17-9-13(15)10-4-6-16-7-5-10/h1-3,8,10,13,16H,4-7,9,15H2. The van der Waals surface area contributed by atoms with E-state index in [4.69, 9.17) is 10.5 Å². The molecule has 0 bridgehead atoms. The molecule has 0 radical (unpaired) electrons. The molecule has 3 nitrogen and oxygen atoms in total. The molecular formula is C13H19FN2O. The van der Waals surface area contributed by atoms with Gasteiger partial charge >= 0.3 is 0 Å². The molecule has 1 fully saturated rings. The lowest BCUT2D eigenvalue weighted by Crippen LogP contribution is -2.41. The first kappa shape index (κ1) is 12.3. The quantitative estimate of drug-likeness (QED) is 0.836. The van der Waals surface area contributed by atoms with Crippen LogP contribution in [0.5, 0.6) is 5.75 Å². The smallest absolute Gasteiger partial charge is 0.126 e. The largest absolute Gasteiger partial charge is 0.492 e. The second-order valence-corrected chi connectivity index (χ2v) is 4.52. The Morgan fingerprint density at radius 1 is 1.41 bits per heavy atom. The number of hydrogen-bond donors (Lipinski definition) is 2. The van der Waals surface area contributed by atoms with Crippen molar-refractivity contribution in [3.8, 4) is 5.75 Å². The lowest BCUT2D eigenvalue weighted by atomic mass is 9.91. The van der Waals surface area contributed by atoms with Crippen LogP contribution in [0, 0.1) is 11.7 Å². The number of nitrogens with two attached hydrogens (primary N) is 1. The van der Waals surface area contributed by atoms with Crippen LogP contribution in [0.2, 0.25) is 0 Å². The van der Waals surface area contributed by atoms with Gasteiger partial charge in [-0.1, -0.05) is 6.07 Å². The Morgan fingerprint density at radius 3 is 2.88 bits per heavy atom. The summed E-state index contributed by atoms with van der Waals surface area (Å²) in [5, 5.41) is 3.30. The summed E-state index contributed by atoms with van der Waals surface area (Å²) < 4.78 is 18.4. The summed E-state index contributed by atoms with van der Waals surface area (Å²) in [4.78, 5) is 0. The molecule has 1 heterocycles. The highest BCUT2D eigenvalue weighted by Crippen LogP contribution is 2.17. The van der Waals surface area contributed by atoms with Crippen molar-refractivity contribution < 1.29 is 9.13 Å². The third-order valence-electron chi connectivity index (χ3n) is 3.23. The number of ether oxygens (including phenoxy) is 1. The minimum absolute atomic E-state index is 0.0281. The third kappa shape index (κ3) is 3.68. The highest BCUT2D eigenvalue weighted by atomic mass is 19.1. The van der Waals surface area contributed by atoms with Crippen molar-refractivity contribution in [1.29, 1.82) is 0 Å². The molecule has 1 aromatic carbocycles. The summed E-state index contributed by atoms with van der Waals surface area (Å²) in [5.74, 6) is 0.775. The van der Waals surface area contributed by atoms with E-state index in [0.717, 1.165) is 25.9 Å². The van der Waals surface area contributed by atoms with E-state index in [1.807, 2.05) is 0 Å². The van der Waals surface area contributed by atoms with E-state index in [1.165, 1.54) is 12.1 Å². The average molecular weight is 238 g/mol. The Morgan fingerprint density at radius 2 is 2.18 bits per heavy atom. The highest BCUT2D eigenvalue weighted by Gasteiger charge is 2.20. The topological polar surface area (TPSA) is 47.3 Å². The molecule has 0 aliphatic carbocycles. The molecule has 1 saturated heterocycles. The van der Waals surface area contributed by atoms with E-state index in [9.17, 15) is 4.39 Å². The molecular weight excluding hydrogens is 219 g/mol. The number of rotatable bonds is 4. The van der Waals surface area contributed by atoms with Crippen LogP contribution in [0.25, 0.3) is 0 Å². The Labute approximate surface area is 101 Å². The van der Waals surface area contributed by atoms with Gasteiger partial charge < -0.3 is 15.8 Å². The molecule has 4 heteroatoms. The fourth-order valence-electron chi connectivity index (χ4n) is 2.16. The van der Waals surface area contributed by atoms with Crippen molar-refractivity contribution in [2.24, 2.45) is 11.7 Å². The Hall–Kier alpha value is -1.13. The minimum Gasteiger partial charge on any atom is -0.492 e. The zero-order valence-electron chi connectivity index (χ0n) is 9.86. The normalized spacial score (nSPS) is 18.9. The molecule has 0 spiro atoms. The second kappa shape index (κ2) is 5.98. The predicted octanol–water partition coefficient (Wildman–Crippen LogP) is 1.53. The van der Waals surface area contributed by atoms with Crippen LogP contribution in [-0.4, -0.2) is 25.7 Å². The summed E-state index contributed by atoms with van der Waals surface area (Å²) in [6.45, 7) is 2.50. The summed E-state index contributed by atoms with van der Waals surface area (Å²) in [6, 6.07) is 6.20. The summed E-state index contributed by atoms with van der Waals surface area (Å²) >= 11 is 0. The molecule has 94 valence electrons. The maximum Gasteiger partial charge on any atom is 0.126 e. The van der Waals surface area contributed by atoms with Gasteiger partial charge in [0, 0.05) is 12.1 Å². The number of nitrogens with one attached hydrogen (secondary N) is 1. The molecule has 0 amide bonds. The summed E-state index contributed by atoms with van der Waals surface area (Å²) in [7, 11) is 0. The highest BCUT2D eigenvalue weighted by molar-refractivity contribution is 5.22. The molecule has 3 N–H and O–H groups in total. The zero-order chi connectivity index (χ0) is 12.1. The summed E-state index contributed by atoms with van der Waals surface area (Å²) in [5.41, 5.74) is 6.09. The fourth-order valence-corrected chi connectivity index (χ4v) is 2.16. The van der Waals surface area contributed by atoms with Gasteiger partial charge in [-0.25, -0.2) is 4.39 Å². The molecule has 1 aliphatic heterocycles. The van der Waals surface area contributed by atoms with Crippen LogP contribution in [0.3, 0.4) is 0 Å². The lowest BCUT2D eigenvalue weighted by molar-refractivity contribution is 0.219. The van der Waals surface area contributed by atoms with Gasteiger partial charge in [0.1, 0.15) is 18.2 Å². The van der Waals surface area contributed by atoms with Crippen LogP contribution in [0.15, 0.2) is 24.3 Å². The molecule has 0 saturated carbocycles. The van der Waals surface area contributed by atoms with Crippen LogP contribution in [-0.2, 0) is 0 Å². The van der Waals surface area contributed by atoms with E-state index in [2.05, 4.69) is 5.32 Å². The molecule has 1 unspecified atom stereocenters. The van der Waals surface area contributed by atoms with E-state index >= 15 is 0 Å². The number of benzene rings is 1. The first-order chi connectivity index (χ1) is 8.25. The lowest BCUT2D eigenvalue weighted by Gasteiger charge is -2.27. The number of piperidine rings is 1. The summed E-state index contributed by atoms with van der Waals surface area (Å²) in [6.07, 6.45) is 2.18. The molecule has 0 aromatic heterocycles. The number of halogens is 1. The van der Waals surface area contributed by atoms with Crippen LogP contribution < -0.4 is 15.8 Å². The monoisotopic (exact) mass is 238 g/mol.